The van der Waals surface area contributed by atoms with Crippen LogP contribution < -0.4 is 16.7 Å². The van der Waals surface area contributed by atoms with Gasteiger partial charge in [-0.2, -0.15) is 0 Å². The molecule has 0 saturated heterocycles. The molecule has 7 heteroatoms. The van der Waals surface area contributed by atoms with Crippen molar-refractivity contribution in [2.75, 3.05) is 6.54 Å². The summed E-state index contributed by atoms with van der Waals surface area (Å²) in [7, 11) is 0. The quantitative estimate of drug-likeness (QED) is 0.806. The van der Waals surface area contributed by atoms with Gasteiger partial charge in [-0.3, -0.25) is 13.9 Å². The fraction of sp³-hybridized carbons (Fsp3) is 0.579. The number of nitrogens with zero attached hydrogens (tertiary/aromatic N) is 2. The number of imidazole rings is 1. The molecular formula is C19H29ClN4O2. The number of para-hydroxylation sites is 2. The number of benzene rings is 1. The number of nitrogens with two attached hydrogens (primary N) is 1. The summed E-state index contributed by atoms with van der Waals surface area (Å²) in [6, 6.07) is 7.60. The first-order valence-electron chi connectivity index (χ1n) is 9.33. The summed E-state index contributed by atoms with van der Waals surface area (Å²) >= 11 is 0. The molecule has 1 atom stereocenters. The van der Waals surface area contributed by atoms with Gasteiger partial charge in [0.15, 0.2) is 0 Å². The van der Waals surface area contributed by atoms with Crippen LogP contribution in [0.25, 0.3) is 11.0 Å². The molecule has 1 fully saturated rings. The molecule has 1 aromatic carbocycles. The standard InChI is InChI=1S/C19H28N4O2.ClH/c1-2-22-16-10-6-7-11-17(16)23(19(22)25)13-18(24)21-15(12-20)14-8-4-3-5-9-14;/h6-7,10-11,14-15H,2-5,8-9,12-13,20H2,1H3,(H,21,24);1H. The smallest absolute Gasteiger partial charge is 0.329 e. The fourth-order valence-electron chi connectivity index (χ4n) is 4.03. The molecule has 1 heterocycles. The number of carbonyl (C=O) groups excluding carboxylic acids is 1. The van der Waals surface area contributed by atoms with Gasteiger partial charge in [-0.05, 0) is 37.8 Å². The van der Waals surface area contributed by atoms with Gasteiger partial charge in [0.05, 0.1) is 11.0 Å². The average Bonchev–Trinajstić information content (AvgIpc) is 2.91. The van der Waals surface area contributed by atoms with E-state index in [1.807, 2.05) is 31.2 Å². The van der Waals surface area contributed by atoms with E-state index in [9.17, 15) is 9.59 Å². The molecule has 6 nitrogen and oxygen atoms in total. The number of nitrogens with one attached hydrogen (secondary N) is 1. The molecule has 0 radical (unpaired) electrons. The Labute approximate surface area is 160 Å². The van der Waals surface area contributed by atoms with Crippen LogP contribution in [0.3, 0.4) is 0 Å². The van der Waals surface area contributed by atoms with Crippen molar-refractivity contribution < 1.29 is 4.79 Å². The van der Waals surface area contributed by atoms with Gasteiger partial charge in [-0.25, -0.2) is 4.79 Å². The first-order valence-corrected chi connectivity index (χ1v) is 9.33. The molecule has 2 aromatic rings. The maximum Gasteiger partial charge on any atom is 0.329 e. The third-order valence-corrected chi connectivity index (χ3v) is 5.36. The van der Waals surface area contributed by atoms with E-state index in [1.54, 1.807) is 9.13 Å². The molecule has 144 valence electrons. The summed E-state index contributed by atoms with van der Waals surface area (Å²) < 4.78 is 3.26. The van der Waals surface area contributed by atoms with Gasteiger partial charge in [0, 0.05) is 19.1 Å². The van der Waals surface area contributed by atoms with Crippen LogP contribution in [0.1, 0.15) is 39.0 Å². The number of carbonyl (C=O) groups is 1. The first kappa shape index (κ1) is 20.5. The minimum Gasteiger partial charge on any atom is -0.350 e. The van der Waals surface area contributed by atoms with E-state index in [4.69, 9.17) is 5.73 Å². The van der Waals surface area contributed by atoms with Gasteiger partial charge in [-0.1, -0.05) is 31.4 Å². The summed E-state index contributed by atoms with van der Waals surface area (Å²) in [5, 5.41) is 3.07. The van der Waals surface area contributed by atoms with Crippen molar-refractivity contribution in [3.63, 3.8) is 0 Å². The molecule has 1 amide bonds. The lowest BCUT2D eigenvalue weighted by Gasteiger charge is -2.30. The zero-order valence-corrected chi connectivity index (χ0v) is 16.1. The third-order valence-electron chi connectivity index (χ3n) is 5.36. The minimum atomic E-state index is -0.138. The number of aromatic nitrogens is 2. The van der Waals surface area contributed by atoms with Crippen molar-refractivity contribution >= 4 is 29.3 Å². The van der Waals surface area contributed by atoms with Gasteiger partial charge >= 0.3 is 5.69 Å². The molecular weight excluding hydrogens is 352 g/mol. The Morgan fingerprint density at radius 3 is 2.38 bits per heavy atom. The summed E-state index contributed by atoms with van der Waals surface area (Å²) in [6.07, 6.45) is 5.93. The largest absolute Gasteiger partial charge is 0.350 e. The maximum absolute atomic E-state index is 12.6. The van der Waals surface area contributed by atoms with Crippen molar-refractivity contribution in [2.24, 2.45) is 11.7 Å². The summed E-state index contributed by atoms with van der Waals surface area (Å²) in [6.45, 7) is 3.00. The van der Waals surface area contributed by atoms with Crippen molar-refractivity contribution in [3.8, 4) is 0 Å². The molecule has 26 heavy (non-hydrogen) atoms. The number of rotatable bonds is 6. The van der Waals surface area contributed by atoms with E-state index in [2.05, 4.69) is 5.32 Å². The van der Waals surface area contributed by atoms with Crippen LogP contribution in [0.5, 0.6) is 0 Å². The molecule has 3 N–H and O–H groups in total. The van der Waals surface area contributed by atoms with Gasteiger partial charge in [0.25, 0.3) is 0 Å². The summed E-state index contributed by atoms with van der Waals surface area (Å²) in [5.74, 6) is 0.318. The molecule has 1 aliphatic carbocycles. The Bertz CT molecular complexity index is 792. The van der Waals surface area contributed by atoms with Crippen molar-refractivity contribution in [3.05, 3.63) is 34.7 Å². The highest BCUT2D eigenvalue weighted by atomic mass is 35.5. The zero-order valence-electron chi connectivity index (χ0n) is 15.3. The molecule has 0 bridgehead atoms. The lowest BCUT2D eigenvalue weighted by Crippen LogP contribution is -2.47. The number of halogens is 1. The molecule has 1 aromatic heterocycles. The minimum absolute atomic E-state index is 0. The van der Waals surface area contributed by atoms with Gasteiger partial charge in [0.1, 0.15) is 6.54 Å². The molecule has 0 aliphatic heterocycles. The van der Waals surface area contributed by atoms with Crippen LogP contribution in [0, 0.1) is 5.92 Å². The van der Waals surface area contributed by atoms with Crippen LogP contribution >= 0.6 is 12.4 Å². The average molecular weight is 381 g/mol. The lowest BCUT2D eigenvalue weighted by molar-refractivity contribution is -0.122. The highest BCUT2D eigenvalue weighted by Gasteiger charge is 2.24. The van der Waals surface area contributed by atoms with E-state index in [1.165, 1.54) is 19.3 Å². The number of fused-ring (bicyclic) bond motifs is 1. The van der Waals surface area contributed by atoms with E-state index in [0.717, 1.165) is 23.9 Å². The van der Waals surface area contributed by atoms with Crippen molar-refractivity contribution in [1.29, 1.82) is 0 Å². The van der Waals surface area contributed by atoms with Gasteiger partial charge in [-0.15, -0.1) is 12.4 Å². The SMILES string of the molecule is CCn1c(=O)n(CC(=O)NC(CN)C2CCCCC2)c2ccccc21.Cl. The topological polar surface area (TPSA) is 82.0 Å². The highest BCUT2D eigenvalue weighted by molar-refractivity contribution is 5.85. The first-order chi connectivity index (χ1) is 12.2. The third kappa shape index (κ3) is 4.13. The Hall–Kier alpha value is -1.79. The monoisotopic (exact) mass is 380 g/mol. The Morgan fingerprint density at radius 2 is 1.81 bits per heavy atom. The summed E-state index contributed by atoms with van der Waals surface area (Å²) in [4.78, 5) is 25.2. The molecule has 1 unspecified atom stereocenters. The van der Waals surface area contributed by atoms with E-state index in [-0.39, 0.29) is 36.6 Å². The molecule has 1 aliphatic rings. The van der Waals surface area contributed by atoms with Crippen molar-refractivity contribution in [2.45, 2.75) is 58.2 Å². The van der Waals surface area contributed by atoms with E-state index >= 15 is 0 Å². The molecule has 3 rings (SSSR count). The second-order valence-electron chi connectivity index (χ2n) is 6.91. The van der Waals surface area contributed by atoms with Crippen LogP contribution in [0.15, 0.2) is 29.1 Å². The van der Waals surface area contributed by atoms with Crippen LogP contribution in [-0.4, -0.2) is 27.6 Å². The Morgan fingerprint density at radius 1 is 1.19 bits per heavy atom. The highest BCUT2D eigenvalue weighted by Crippen LogP contribution is 2.26. The lowest BCUT2D eigenvalue weighted by atomic mass is 9.84. The number of aryl methyl sites for hydroxylation is 1. The molecule has 1 saturated carbocycles. The van der Waals surface area contributed by atoms with Crippen LogP contribution in [0.2, 0.25) is 0 Å². The number of hydrogen-bond acceptors (Lipinski definition) is 3. The van der Waals surface area contributed by atoms with E-state index < -0.39 is 0 Å². The molecule has 0 spiro atoms. The number of amides is 1. The normalized spacial score (nSPS) is 16.2. The summed E-state index contributed by atoms with van der Waals surface area (Å²) in [5.41, 5.74) is 7.43. The van der Waals surface area contributed by atoms with Gasteiger partial charge in [0.2, 0.25) is 5.91 Å². The van der Waals surface area contributed by atoms with Crippen LogP contribution in [-0.2, 0) is 17.9 Å². The second kappa shape index (κ2) is 9.24. The fourth-order valence-corrected chi connectivity index (χ4v) is 4.03. The second-order valence-corrected chi connectivity index (χ2v) is 6.91. The van der Waals surface area contributed by atoms with Crippen LogP contribution in [0.4, 0.5) is 0 Å². The van der Waals surface area contributed by atoms with E-state index in [0.29, 0.717) is 19.0 Å². The van der Waals surface area contributed by atoms with Gasteiger partial charge < -0.3 is 11.1 Å². The predicted molar refractivity (Wildman–Crippen MR) is 107 cm³/mol. The Kier molecular flexibility index (Phi) is 7.29. The predicted octanol–water partition coefficient (Wildman–Crippen LogP) is 2.27. The number of hydrogen-bond donors (Lipinski definition) is 2. The van der Waals surface area contributed by atoms with Crippen molar-refractivity contribution in [1.82, 2.24) is 14.5 Å². The zero-order chi connectivity index (χ0) is 17.8. The Balaban J connectivity index is 0.00000243. The maximum atomic E-state index is 12.6.